The first-order valence-electron chi connectivity index (χ1n) is 7.02. The highest BCUT2D eigenvalue weighted by atomic mass is 32.1. The highest BCUT2D eigenvalue weighted by Crippen LogP contribution is 2.48. The Labute approximate surface area is 121 Å². The van der Waals surface area contributed by atoms with Gasteiger partial charge < -0.3 is 11.1 Å². The third kappa shape index (κ3) is 2.67. The molecule has 0 aromatic heterocycles. The minimum atomic E-state index is -0.203. The van der Waals surface area contributed by atoms with Crippen molar-refractivity contribution in [2.75, 3.05) is 5.32 Å². The van der Waals surface area contributed by atoms with Crippen molar-refractivity contribution in [2.45, 2.75) is 45.6 Å². The van der Waals surface area contributed by atoms with Crippen LogP contribution in [0.5, 0.6) is 0 Å². The van der Waals surface area contributed by atoms with Gasteiger partial charge in [-0.3, -0.25) is 0 Å². The van der Waals surface area contributed by atoms with E-state index < -0.39 is 0 Å². The molecule has 0 bridgehead atoms. The maximum absolute atomic E-state index is 6.71. The predicted molar refractivity (Wildman–Crippen MR) is 86.4 cm³/mol. The standard InChI is InChI=1S/C16H24N2S/c1-12(16(17)11-7-10-15(16,2)3)14(19)18-13-8-5-4-6-9-13/h4-6,8-9,12H,7,10-11,17H2,1-3H3,(H,18,19). The Morgan fingerprint density at radius 2 is 1.89 bits per heavy atom. The molecule has 1 aromatic rings. The van der Waals surface area contributed by atoms with Crippen LogP contribution in [0.3, 0.4) is 0 Å². The van der Waals surface area contributed by atoms with E-state index in [0.717, 1.165) is 17.1 Å². The van der Waals surface area contributed by atoms with Crippen LogP contribution in [0.4, 0.5) is 5.69 Å². The third-order valence-corrected chi connectivity index (χ3v) is 5.32. The lowest BCUT2D eigenvalue weighted by atomic mass is 9.68. The Hall–Kier alpha value is -0.930. The van der Waals surface area contributed by atoms with Gasteiger partial charge in [-0.25, -0.2) is 0 Å². The molecule has 0 spiro atoms. The molecule has 1 saturated carbocycles. The maximum Gasteiger partial charge on any atom is 0.0844 e. The minimum Gasteiger partial charge on any atom is -0.350 e. The van der Waals surface area contributed by atoms with Crippen LogP contribution in [0.1, 0.15) is 40.0 Å². The van der Waals surface area contributed by atoms with E-state index in [-0.39, 0.29) is 16.9 Å². The number of nitrogens with two attached hydrogens (primary N) is 1. The number of rotatable bonds is 3. The summed E-state index contributed by atoms with van der Waals surface area (Å²) in [6.07, 6.45) is 3.43. The van der Waals surface area contributed by atoms with Gasteiger partial charge >= 0.3 is 0 Å². The van der Waals surface area contributed by atoms with Crippen molar-refractivity contribution < 1.29 is 0 Å². The van der Waals surface area contributed by atoms with E-state index in [1.165, 1.54) is 12.8 Å². The summed E-state index contributed by atoms with van der Waals surface area (Å²) >= 11 is 5.58. The fourth-order valence-electron chi connectivity index (χ4n) is 3.20. The number of nitrogens with one attached hydrogen (secondary N) is 1. The van der Waals surface area contributed by atoms with Crippen LogP contribution in [-0.4, -0.2) is 10.5 Å². The van der Waals surface area contributed by atoms with Crippen molar-refractivity contribution in [3.8, 4) is 0 Å². The Morgan fingerprint density at radius 3 is 2.42 bits per heavy atom. The van der Waals surface area contributed by atoms with E-state index in [1.54, 1.807) is 0 Å². The van der Waals surface area contributed by atoms with Crippen LogP contribution in [-0.2, 0) is 0 Å². The van der Waals surface area contributed by atoms with E-state index in [4.69, 9.17) is 18.0 Å². The number of hydrogen-bond acceptors (Lipinski definition) is 2. The second-order valence-electron chi connectivity index (χ2n) is 6.35. The lowest BCUT2D eigenvalue weighted by Crippen LogP contribution is -2.56. The van der Waals surface area contributed by atoms with Crippen molar-refractivity contribution in [1.82, 2.24) is 0 Å². The third-order valence-electron chi connectivity index (χ3n) is 4.86. The summed E-state index contributed by atoms with van der Waals surface area (Å²) in [7, 11) is 0. The summed E-state index contributed by atoms with van der Waals surface area (Å²) in [5.74, 6) is 0.181. The van der Waals surface area contributed by atoms with Gasteiger partial charge in [0.2, 0.25) is 0 Å². The molecule has 2 nitrogen and oxygen atoms in total. The highest BCUT2D eigenvalue weighted by Gasteiger charge is 2.50. The zero-order chi connectivity index (χ0) is 14.1. The number of benzene rings is 1. The fourth-order valence-corrected chi connectivity index (χ4v) is 3.53. The topological polar surface area (TPSA) is 38.0 Å². The molecule has 0 radical (unpaired) electrons. The van der Waals surface area contributed by atoms with Gasteiger partial charge in [0, 0.05) is 17.1 Å². The van der Waals surface area contributed by atoms with Crippen molar-refractivity contribution in [2.24, 2.45) is 17.1 Å². The van der Waals surface area contributed by atoms with Crippen molar-refractivity contribution in [1.29, 1.82) is 0 Å². The van der Waals surface area contributed by atoms with Crippen LogP contribution in [0.2, 0.25) is 0 Å². The van der Waals surface area contributed by atoms with Crippen molar-refractivity contribution in [3.05, 3.63) is 30.3 Å². The van der Waals surface area contributed by atoms with E-state index >= 15 is 0 Å². The van der Waals surface area contributed by atoms with Gasteiger partial charge in [0.05, 0.1) is 4.99 Å². The summed E-state index contributed by atoms with van der Waals surface area (Å²) in [6, 6.07) is 10.1. The molecule has 3 heteroatoms. The van der Waals surface area contributed by atoms with Gasteiger partial charge in [0.15, 0.2) is 0 Å². The van der Waals surface area contributed by atoms with E-state index in [2.05, 4.69) is 26.1 Å². The molecule has 2 rings (SSSR count). The molecule has 0 aliphatic heterocycles. The average Bonchev–Trinajstić information content (AvgIpc) is 2.65. The van der Waals surface area contributed by atoms with Crippen molar-refractivity contribution >= 4 is 22.9 Å². The molecule has 0 amide bonds. The zero-order valence-corrected chi connectivity index (χ0v) is 12.9. The molecule has 2 atom stereocenters. The molecule has 1 aliphatic carbocycles. The van der Waals surface area contributed by atoms with Gasteiger partial charge in [-0.1, -0.05) is 57.6 Å². The molecule has 19 heavy (non-hydrogen) atoms. The van der Waals surface area contributed by atoms with Gasteiger partial charge in [0.25, 0.3) is 0 Å². The van der Waals surface area contributed by atoms with Crippen LogP contribution < -0.4 is 11.1 Å². The van der Waals surface area contributed by atoms with Gasteiger partial charge in [-0.2, -0.15) is 0 Å². The monoisotopic (exact) mass is 276 g/mol. The second-order valence-corrected chi connectivity index (χ2v) is 6.79. The van der Waals surface area contributed by atoms with E-state index in [9.17, 15) is 0 Å². The quantitative estimate of drug-likeness (QED) is 0.820. The summed E-state index contributed by atoms with van der Waals surface area (Å²) < 4.78 is 0. The molecular formula is C16H24N2S. The number of para-hydroxylation sites is 1. The SMILES string of the molecule is CC(C(=S)Nc1ccccc1)C1(N)CCCC1(C)C. The first-order chi connectivity index (χ1) is 8.87. The lowest BCUT2D eigenvalue weighted by Gasteiger charge is -2.43. The van der Waals surface area contributed by atoms with E-state index in [0.29, 0.717) is 0 Å². The first-order valence-corrected chi connectivity index (χ1v) is 7.42. The van der Waals surface area contributed by atoms with Crippen LogP contribution in [0, 0.1) is 11.3 Å². The van der Waals surface area contributed by atoms with Gasteiger partial charge in [-0.05, 0) is 30.4 Å². The Balaban J connectivity index is 2.11. The fraction of sp³-hybridized carbons (Fsp3) is 0.562. The molecule has 2 unspecified atom stereocenters. The van der Waals surface area contributed by atoms with Crippen LogP contribution >= 0.6 is 12.2 Å². The minimum absolute atomic E-state index is 0.148. The number of thiocarbonyl (C=S) groups is 1. The smallest absolute Gasteiger partial charge is 0.0844 e. The Morgan fingerprint density at radius 1 is 1.26 bits per heavy atom. The summed E-state index contributed by atoms with van der Waals surface area (Å²) in [6.45, 7) is 6.69. The number of hydrogen-bond donors (Lipinski definition) is 2. The molecule has 0 saturated heterocycles. The number of anilines is 1. The van der Waals surface area contributed by atoms with Gasteiger partial charge in [0.1, 0.15) is 0 Å². The van der Waals surface area contributed by atoms with Crippen LogP contribution in [0.25, 0.3) is 0 Å². The summed E-state index contributed by atoms with van der Waals surface area (Å²) in [5.41, 5.74) is 7.69. The molecule has 104 valence electrons. The molecule has 1 aromatic carbocycles. The summed E-state index contributed by atoms with van der Waals surface area (Å²) in [4.78, 5) is 0.851. The molecular weight excluding hydrogens is 252 g/mol. The zero-order valence-electron chi connectivity index (χ0n) is 12.1. The maximum atomic E-state index is 6.71. The van der Waals surface area contributed by atoms with Crippen molar-refractivity contribution in [3.63, 3.8) is 0 Å². The van der Waals surface area contributed by atoms with E-state index in [1.807, 2.05) is 30.3 Å². The molecule has 3 N–H and O–H groups in total. The van der Waals surface area contributed by atoms with Gasteiger partial charge in [-0.15, -0.1) is 0 Å². The first kappa shape index (κ1) is 14.5. The predicted octanol–water partition coefficient (Wildman–Crippen LogP) is 3.97. The largest absolute Gasteiger partial charge is 0.350 e. The van der Waals surface area contributed by atoms with Crippen LogP contribution in [0.15, 0.2) is 30.3 Å². The molecule has 1 aliphatic rings. The Kier molecular flexibility index (Phi) is 3.98. The summed E-state index contributed by atoms with van der Waals surface area (Å²) in [5, 5.41) is 3.33. The molecule has 1 fully saturated rings. The second kappa shape index (κ2) is 5.22. The highest BCUT2D eigenvalue weighted by molar-refractivity contribution is 7.80. The Bertz CT molecular complexity index is 455. The lowest BCUT2D eigenvalue weighted by molar-refractivity contribution is 0.174. The normalized spacial score (nSPS) is 26.9. The average molecular weight is 276 g/mol. The molecule has 0 heterocycles.